The molecule has 0 spiro atoms. The monoisotopic (exact) mass is 257 g/mol. The molecule has 6 heteroatoms. The molecule has 17 heavy (non-hydrogen) atoms. The molecule has 5 nitrogen and oxygen atoms in total. The van der Waals surface area contributed by atoms with Crippen molar-refractivity contribution in [2.75, 3.05) is 13.7 Å². The number of nitrogens with one attached hydrogen (secondary N) is 1. The summed E-state index contributed by atoms with van der Waals surface area (Å²) in [4.78, 5) is 22.0. The molecular formula is C11H12ClNO4. The number of hydrogen-bond acceptors (Lipinski definition) is 4. The molecule has 0 amide bonds. The highest BCUT2D eigenvalue weighted by molar-refractivity contribution is 6.30. The molecule has 0 bridgehead atoms. The molecule has 0 radical (unpaired) electrons. The van der Waals surface area contributed by atoms with E-state index in [-0.39, 0.29) is 6.54 Å². The van der Waals surface area contributed by atoms with Crippen molar-refractivity contribution >= 4 is 23.5 Å². The molecule has 0 fully saturated rings. The molecule has 1 rings (SSSR count). The fourth-order valence-electron chi connectivity index (χ4n) is 1.30. The van der Waals surface area contributed by atoms with Gasteiger partial charge in [-0.15, -0.1) is 0 Å². The number of rotatable bonds is 5. The average Bonchev–Trinajstić information content (AvgIpc) is 2.30. The smallest absolute Gasteiger partial charge is 0.327 e. The number of ether oxygens (including phenoxy) is 1. The normalized spacial score (nSPS) is 11.9. The first-order chi connectivity index (χ1) is 8.04. The molecule has 1 aromatic rings. The lowest BCUT2D eigenvalue weighted by atomic mass is 10.1. The fraction of sp³-hybridized carbons (Fsp3) is 0.273. The maximum atomic E-state index is 11.5. The quantitative estimate of drug-likeness (QED) is 0.776. The highest BCUT2D eigenvalue weighted by atomic mass is 35.5. The van der Waals surface area contributed by atoms with Crippen LogP contribution in [0, 0.1) is 0 Å². The number of hydrogen-bond donors (Lipinski definition) is 2. The van der Waals surface area contributed by atoms with Crippen molar-refractivity contribution < 1.29 is 19.4 Å². The number of esters is 1. The predicted molar refractivity (Wildman–Crippen MR) is 61.8 cm³/mol. The molecule has 0 saturated heterocycles. The van der Waals surface area contributed by atoms with Crippen LogP contribution in [0.25, 0.3) is 0 Å². The molecule has 0 heterocycles. The summed E-state index contributed by atoms with van der Waals surface area (Å²) in [5.74, 6) is -1.60. The van der Waals surface area contributed by atoms with Crippen LogP contribution in [0.5, 0.6) is 0 Å². The van der Waals surface area contributed by atoms with Gasteiger partial charge >= 0.3 is 11.9 Å². The molecule has 1 unspecified atom stereocenters. The second-order valence-electron chi connectivity index (χ2n) is 3.28. The maximum absolute atomic E-state index is 11.5. The van der Waals surface area contributed by atoms with E-state index in [1.165, 1.54) is 7.11 Å². The van der Waals surface area contributed by atoms with Gasteiger partial charge in [0.2, 0.25) is 0 Å². The number of carboxylic acids is 1. The number of halogens is 1. The van der Waals surface area contributed by atoms with Crippen molar-refractivity contribution in [2.24, 2.45) is 0 Å². The number of benzene rings is 1. The van der Waals surface area contributed by atoms with Crippen molar-refractivity contribution in [3.8, 4) is 0 Å². The van der Waals surface area contributed by atoms with Gasteiger partial charge in [0.15, 0.2) is 0 Å². The van der Waals surface area contributed by atoms with Gasteiger partial charge in [0.05, 0.1) is 13.7 Å². The van der Waals surface area contributed by atoms with Crippen LogP contribution in [-0.4, -0.2) is 30.7 Å². The Morgan fingerprint density at radius 2 is 2.00 bits per heavy atom. The Balaban J connectivity index is 2.85. The van der Waals surface area contributed by atoms with E-state index < -0.39 is 18.0 Å². The minimum absolute atomic E-state index is 0.331. The lowest BCUT2D eigenvalue weighted by Gasteiger charge is -2.15. The van der Waals surface area contributed by atoms with E-state index in [0.29, 0.717) is 10.6 Å². The highest BCUT2D eigenvalue weighted by Crippen LogP contribution is 2.17. The van der Waals surface area contributed by atoms with E-state index >= 15 is 0 Å². The number of carbonyl (C=O) groups is 2. The van der Waals surface area contributed by atoms with Gasteiger partial charge in [-0.3, -0.25) is 10.1 Å². The van der Waals surface area contributed by atoms with Gasteiger partial charge in [0.25, 0.3) is 0 Å². The molecule has 0 saturated carbocycles. The molecule has 1 aromatic carbocycles. The number of methoxy groups -OCH3 is 1. The standard InChI is InChI=1S/C11H12ClNO4/c1-17-11(16)10(13-6-9(14)15)7-2-4-8(12)5-3-7/h2-5,10,13H,6H2,1H3,(H,14,15). The van der Waals surface area contributed by atoms with Crippen LogP contribution in [0.4, 0.5) is 0 Å². The van der Waals surface area contributed by atoms with Gasteiger partial charge in [0.1, 0.15) is 6.04 Å². The van der Waals surface area contributed by atoms with E-state index in [1.54, 1.807) is 24.3 Å². The summed E-state index contributed by atoms with van der Waals surface area (Å²) in [5, 5.41) is 11.7. The first kappa shape index (κ1) is 13.5. The zero-order chi connectivity index (χ0) is 12.8. The van der Waals surface area contributed by atoms with E-state index in [2.05, 4.69) is 10.1 Å². The number of carboxylic acid groups (broad SMARTS) is 1. The summed E-state index contributed by atoms with van der Waals surface area (Å²) in [6.07, 6.45) is 0. The summed E-state index contributed by atoms with van der Waals surface area (Å²) in [6.45, 7) is -0.331. The van der Waals surface area contributed by atoms with Crippen molar-refractivity contribution in [3.05, 3.63) is 34.9 Å². The SMILES string of the molecule is COC(=O)C(NCC(=O)O)c1ccc(Cl)cc1. The Hall–Kier alpha value is -1.59. The molecule has 0 aliphatic carbocycles. The summed E-state index contributed by atoms with van der Waals surface area (Å²) < 4.78 is 4.60. The average molecular weight is 258 g/mol. The minimum atomic E-state index is -1.05. The van der Waals surface area contributed by atoms with Gasteiger partial charge in [-0.1, -0.05) is 23.7 Å². The molecule has 2 N–H and O–H groups in total. The van der Waals surface area contributed by atoms with Gasteiger partial charge in [0, 0.05) is 5.02 Å². The van der Waals surface area contributed by atoms with Crippen molar-refractivity contribution in [1.82, 2.24) is 5.32 Å². The molecular weight excluding hydrogens is 246 g/mol. The zero-order valence-corrected chi connectivity index (χ0v) is 9.90. The summed E-state index contributed by atoms with van der Waals surface area (Å²) in [5.41, 5.74) is 0.600. The third-order valence-electron chi connectivity index (χ3n) is 2.10. The van der Waals surface area contributed by atoms with E-state index in [4.69, 9.17) is 16.7 Å². The van der Waals surface area contributed by atoms with E-state index in [9.17, 15) is 9.59 Å². The number of carbonyl (C=O) groups excluding carboxylic acids is 1. The molecule has 1 atom stereocenters. The van der Waals surface area contributed by atoms with Crippen molar-refractivity contribution in [1.29, 1.82) is 0 Å². The van der Waals surface area contributed by atoms with E-state index in [1.807, 2.05) is 0 Å². The van der Waals surface area contributed by atoms with Gasteiger partial charge in [-0.25, -0.2) is 4.79 Å². The van der Waals surface area contributed by atoms with Gasteiger partial charge in [-0.05, 0) is 17.7 Å². The lowest BCUT2D eigenvalue weighted by Crippen LogP contribution is -2.33. The van der Waals surface area contributed by atoms with Crippen LogP contribution in [0.15, 0.2) is 24.3 Å². The zero-order valence-electron chi connectivity index (χ0n) is 9.14. The topological polar surface area (TPSA) is 75.6 Å². The lowest BCUT2D eigenvalue weighted by molar-refractivity contribution is -0.143. The van der Waals surface area contributed by atoms with E-state index in [0.717, 1.165) is 0 Å². The largest absolute Gasteiger partial charge is 0.480 e. The van der Waals surface area contributed by atoms with Crippen LogP contribution in [0.1, 0.15) is 11.6 Å². The molecule has 0 aliphatic rings. The second-order valence-corrected chi connectivity index (χ2v) is 3.72. The fourth-order valence-corrected chi connectivity index (χ4v) is 1.43. The Labute approximate surface area is 103 Å². The Morgan fingerprint density at radius 1 is 1.41 bits per heavy atom. The van der Waals surface area contributed by atoms with Crippen molar-refractivity contribution in [2.45, 2.75) is 6.04 Å². The predicted octanol–water partition coefficient (Wildman–Crippen LogP) is 1.23. The summed E-state index contributed by atoms with van der Waals surface area (Å²) >= 11 is 5.73. The van der Waals surface area contributed by atoms with Crippen LogP contribution < -0.4 is 5.32 Å². The highest BCUT2D eigenvalue weighted by Gasteiger charge is 2.21. The third-order valence-corrected chi connectivity index (χ3v) is 2.35. The third kappa shape index (κ3) is 4.05. The Bertz CT molecular complexity index is 404. The van der Waals surface area contributed by atoms with Crippen LogP contribution in [-0.2, 0) is 14.3 Å². The maximum Gasteiger partial charge on any atom is 0.327 e. The van der Waals surface area contributed by atoms with Crippen LogP contribution >= 0.6 is 11.6 Å². The first-order valence-corrected chi connectivity index (χ1v) is 5.21. The summed E-state index contributed by atoms with van der Waals surface area (Å²) in [6, 6.07) is 5.70. The Morgan fingerprint density at radius 3 is 2.47 bits per heavy atom. The summed E-state index contributed by atoms with van der Waals surface area (Å²) in [7, 11) is 1.24. The van der Waals surface area contributed by atoms with Crippen molar-refractivity contribution in [3.63, 3.8) is 0 Å². The first-order valence-electron chi connectivity index (χ1n) is 4.83. The molecule has 0 aliphatic heterocycles. The van der Waals surface area contributed by atoms with Crippen LogP contribution in [0.2, 0.25) is 5.02 Å². The minimum Gasteiger partial charge on any atom is -0.480 e. The molecule has 92 valence electrons. The Kier molecular flexibility index (Phi) is 4.93. The molecule has 0 aromatic heterocycles. The van der Waals surface area contributed by atoms with Gasteiger partial charge in [-0.2, -0.15) is 0 Å². The van der Waals surface area contributed by atoms with Gasteiger partial charge < -0.3 is 9.84 Å². The number of aliphatic carboxylic acids is 1. The van der Waals surface area contributed by atoms with Crippen LogP contribution in [0.3, 0.4) is 0 Å². The second kappa shape index (κ2) is 6.22.